The zero-order valence-corrected chi connectivity index (χ0v) is 25.9. The monoisotopic (exact) mass is 618 g/mol. The van der Waals surface area contributed by atoms with Gasteiger partial charge in [-0.05, 0) is 31.2 Å². The van der Waals surface area contributed by atoms with Gasteiger partial charge < -0.3 is 17.2 Å². The second-order valence-corrected chi connectivity index (χ2v) is 10.1. The molecule has 3 aromatic heterocycles. The Balaban J connectivity index is 0.000000288. The number of carbonyl (C=O) groups is 2. The molecule has 0 saturated heterocycles. The van der Waals surface area contributed by atoms with E-state index in [1.54, 1.807) is 31.7 Å². The molecule has 1 atom stereocenters. The quantitative estimate of drug-likeness (QED) is 0.141. The highest BCUT2D eigenvalue weighted by atomic mass is 16.1. The normalized spacial score (nSPS) is 11.4. The molecule has 0 aliphatic rings. The van der Waals surface area contributed by atoms with Crippen LogP contribution in [-0.4, -0.2) is 53.1 Å². The van der Waals surface area contributed by atoms with Crippen LogP contribution < -0.4 is 22.8 Å². The molecule has 0 bridgehead atoms. The van der Waals surface area contributed by atoms with Crippen LogP contribution in [0.4, 0.5) is 11.6 Å². The maximum atomic E-state index is 13.6. The van der Waals surface area contributed by atoms with Gasteiger partial charge in [-0.15, -0.1) is 0 Å². The van der Waals surface area contributed by atoms with Crippen molar-refractivity contribution in [2.75, 3.05) is 5.73 Å². The molecule has 0 saturated carbocycles. The first-order chi connectivity index (χ1) is 22.0. The van der Waals surface area contributed by atoms with Crippen LogP contribution in [-0.2, 0) is 20.5 Å². The smallest absolute Gasteiger partial charge is 0.267 e. The van der Waals surface area contributed by atoms with Crippen molar-refractivity contribution >= 4 is 40.4 Å². The molecule has 6 N–H and O–H groups in total. The number of hydrogen-bond donors (Lipinski definition) is 3. The SMILES string of the molecule is C=C/C=N\c1c(C(N)=O)c(N)nn1C.CCc1nc2cccc(C#Cc3cnn(C)c3C(=O)C(C)N)c2c(=O)n1-c1ccccc1. The highest BCUT2D eigenvalue weighted by Gasteiger charge is 2.20. The number of aromatic nitrogens is 6. The highest BCUT2D eigenvalue weighted by Crippen LogP contribution is 2.23. The summed E-state index contributed by atoms with van der Waals surface area (Å²) in [4.78, 5) is 45.7. The van der Waals surface area contributed by atoms with E-state index >= 15 is 0 Å². The summed E-state index contributed by atoms with van der Waals surface area (Å²) in [7, 11) is 3.30. The van der Waals surface area contributed by atoms with Crippen molar-refractivity contribution in [2.45, 2.75) is 26.3 Å². The fourth-order valence-electron chi connectivity index (χ4n) is 4.68. The number of nitrogen functional groups attached to an aromatic ring is 1. The fraction of sp³-hybridized carbons (Fsp3) is 0.182. The van der Waals surface area contributed by atoms with Crippen molar-refractivity contribution in [1.82, 2.24) is 29.1 Å². The molecular formula is C33H34N10O3. The summed E-state index contributed by atoms with van der Waals surface area (Å²) in [5, 5.41) is 8.41. The predicted molar refractivity (Wildman–Crippen MR) is 178 cm³/mol. The minimum Gasteiger partial charge on any atom is -0.381 e. The lowest BCUT2D eigenvalue weighted by Crippen LogP contribution is -2.29. The first-order valence-electron chi connectivity index (χ1n) is 14.2. The van der Waals surface area contributed by atoms with Crippen LogP contribution in [0.2, 0.25) is 0 Å². The van der Waals surface area contributed by atoms with Crippen LogP contribution in [0.5, 0.6) is 0 Å². The van der Waals surface area contributed by atoms with Crippen molar-refractivity contribution in [3.8, 4) is 17.5 Å². The minimum atomic E-state index is -0.668. The van der Waals surface area contributed by atoms with Gasteiger partial charge in [-0.3, -0.25) is 23.6 Å². The van der Waals surface area contributed by atoms with Gasteiger partial charge in [-0.2, -0.15) is 10.2 Å². The Hall–Kier alpha value is -6.13. The molecule has 3 heterocycles. The van der Waals surface area contributed by atoms with Gasteiger partial charge in [0, 0.05) is 32.3 Å². The number of carbonyl (C=O) groups excluding carboxylic acids is 2. The standard InChI is InChI=1S/C25H23N5O2.C8H11N5O/c1-4-21-28-20-12-8-9-17(22(20)25(32)30(21)19-10-6-5-7-11-19)13-14-18-15-27-29(3)23(18)24(31)16(2)26;1-3-4-11-8-5(7(10)14)6(9)12-13(8)2/h5-12,15-16H,4,26H2,1-3H3;3-4H,1H2,2H3,(H2,9,12)(H2,10,14)/b;11-4-. The van der Waals surface area contributed by atoms with E-state index < -0.39 is 11.9 Å². The molecule has 0 fully saturated rings. The summed E-state index contributed by atoms with van der Waals surface area (Å²) in [6, 6.07) is 14.2. The van der Waals surface area contributed by atoms with E-state index in [0.29, 0.717) is 45.8 Å². The van der Waals surface area contributed by atoms with Gasteiger partial charge in [-0.1, -0.05) is 55.7 Å². The maximum Gasteiger partial charge on any atom is 0.267 e. The Morgan fingerprint density at radius 1 is 1.07 bits per heavy atom. The summed E-state index contributed by atoms with van der Waals surface area (Å²) in [6.45, 7) is 7.05. The Bertz CT molecular complexity index is 2090. The molecule has 5 rings (SSSR count). The van der Waals surface area contributed by atoms with Crippen molar-refractivity contribution in [2.24, 2.45) is 30.6 Å². The largest absolute Gasteiger partial charge is 0.381 e. The Kier molecular flexibility index (Phi) is 10.0. The summed E-state index contributed by atoms with van der Waals surface area (Å²) in [5.74, 6) is 6.26. The topological polar surface area (TPSA) is 195 Å². The number of nitrogens with zero attached hydrogens (tertiary/aromatic N) is 7. The van der Waals surface area contributed by atoms with Crippen LogP contribution in [0.15, 0.2) is 77.2 Å². The lowest BCUT2D eigenvalue weighted by molar-refractivity contribution is 0.0957. The molecule has 13 heteroatoms. The first-order valence-corrected chi connectivity index (χ1v) is 14.2. The van der Waals surface area contributed by atoms with Gasteiger partial charge in [0.05, 0.1) is 34.4 Å². The highest BCUT2D eigenvalue weighted by molar-refractivity contribution is 6.02. The third-order valence-electron chi connectivity index (χ3n) is 6.81. The second kappa shape index (κ2) is 14.1. The van der Waals surface area contributed by atoms with Crippen LogP contribution in [0, 0.1) is 11.8 Å². The average molecular weight is 619 g/mol. The Labute approximate surface area is 265 Å². The number of para-hydroxylation sites is 1. The molecule has 13 nitrogen and oxygen atoms in total. The molecular weight excluding hydrogens is 584 g/mol. The number of nitrogens with two attached hydrogens (primary N) is 3. The van der Waals surface area contributed by atoms with Gasteiger partial charge in [0.15, 0.2) is 17.4 Å². The van der Waals surface area contributed by atoms with Crippen LogP contribution in [0.1, 0.15) is 51.6 Å². The Morgan fingerprint density at radius 2 is 1.76 bits per heavy atom. The number of primary amides is 1. The number of aryl methyl sites for hydroxylation is 3. The molecule has 2 aromatic carbocycles. The number of aliphatic imine (C=N–C) groups is 1. The third kappa shape index (κ3) is 6.67. The molecule has 0 radical (unpaired) electrons. The minimum absolute atomic E-state index is 0.0798. The number of hydrogen-bond acceptors (Lipinski definition) is 9. The molecule has 5 aromatic rings. The molecule has 0 aliphatic heterocycles. The molecule has 0 aliphatic carbocycles. The van der Waals surface area contributed by atoms with E-state index in [9.17, 15) is 14.4 Å². The first kappa shape index (κ1) is 32.8. The van der Waals surface area contributed by atoms with Crippen LogP contribution in [0.25, 0.3) is 16.6 Å². The number of ketones is 1. The summed E-state index contributed by atoms with van der Waals surface area (Å²) in [6.07, 6.45) is 5.05. The zero-order chi connectivity index (χ0) is 33.5. The van der Waals surface area contributed by atoms with Gasteiger partial charge in [0.2, 0.25) is 0 Å². The number of benzene rings is 2. The number of Topliss-reactive ketones (excluding diaryl/α,β-unsaturated/α-hetero) is 1. The van der Waals surface area contributed by atoms with E-state index in [0.717, 1.165) is 5.69 Å². The molecule has 0 spiro atoms. The maximum absolute atomic E-state index is 13.6. The fourth-order valence-corrected chi connectivity index (χ4v) is 4.68. The summed E-state index contributed by atoms with van der Waals surface area (Å²) in [5.41, 5.74) is 19.0. The van der Waals surface area contributed by atoms with Crippen molar-refractivity contribution < 1.29 is 9.59 Å². The lowest BCUT2D eigenvalue weighted by Gasteiger charge is -2.13. The van der Waals surface area contributed by atoms with Crippen molar-refractivity contribution in [3.05, 3.63) is 106 Å². The van der Waals surface area contributed by atoms with Crippen LogP contribution >= 0.6 is 0 Å². The van der Waals surface area contributed by atoms with Crippen molar-refractivity contribution in [1.29, 1.82) is 0 Å². The number of rotatable bonds is 7. The number of anilines is 1. The molecule has 1 unspecified atom stereocenters. The van der Waals surface area contributed by atoms with Gasteiger partial charge in [-0.25, -0.2) is 14.7 Å². The average Bonchev–Trinajstić information content (AvgIpc) is 3.55. The number of fused-ring (bicyclic) bond motifs is 1. The number of allylic oxidation sites excluding steroid dienone is 1. The van der Waals surface area contributed by atoms with Crippen molar-refractivity contribution in [3.63, 3.8) is 0 Å². The van der Waals surface area contributed by atoms with E-state index in [4.69, 9.17) is 22.2 Å². The predicted octanol–water partition coefficient (Wildman–Crippen LogP) is 2.60. The van der Waals surface area contributed by atoms with Crippen LogP contribution in [0.3, 0.4) is 0 Å². The lowest BCUT2D eigenvalue weighted by atomic mass is 10.1. The third-order valence-corrected chi connectivity index (χ3v) is 6.81. The van der Waals surface area contributed by atoms with E-state index in [2.05, 4.69) is 33.6 Å². The summed E-state index contributed by atoms with van der Waals surface area (Å²) < 4.78 is 4.48. The second-order valence-electron chi connectivity index (χ2n) is 10.1. The zero-order valence-electron chi connectivity index (χ0n) is 25.9. The van der Waals surface area contributed by atoms with Gasteiger partial charge >= 0.3 is 0 Å². The van der Waals surface area contributed by atoms with E-state index in [1.807, 2.05) is 49.4 Å². The van der Waals surface area contributed by atoms with Gasteiger partial charge in [0.25, 0.3) is 11.5 Å². The summed E-state index contributed by atoms with van der Waals surface area (Å²) >= 11 is 0. The number of amides is 1. The molecule has 1 amide bonds. The van der Waals surface area contributed by atoms with E-state index in [-0.39, 0.29) is 22.7 Å². The Morgan fingerprint density at radius 3 is 2.39 bits per heavy atom. The van der Waals surface area contributed by atoms with Gasteiger partial charge in [0.1, 0.15) is 17.1 Å². The molecule has 234 valence electrons. The molecule has 46 heavy (non-hydrogen) atoms. The van der Waals surface area contributed by atoms with E-state index in [1.165, 1.54) is 27.9 Å².